The zero-order valence-electron chi connectivity index (χ0n) is 14.1. The van der Waals surface area contributed by atoms with Crippen molar-refractivity contribution < 1.29 is 19.1 Å². The Kier molecular flexibility index (Phi) is 4.86. The number of para-hydroxylation sites is 2. The number of aromatic nitrogens is 2. The van der Waals surface area contributed by atoms with Gasteiger partial charge in [0, 0.05) is 5.56 Å². The number of nitriles is 1. The molecular formula is C19H13N3O5. The first-order chi connectivity index (χ1) is 13.1. The van der Waals surface area contributed by atoms with Gasteiger partial charge in [-0.05, 0) is 36.4 Å². The van der Waals surface area contributed by atoms with Gasteiger partial charge >= 0.3 is 5.97 Å². The highest BCUT2D eigenvalue weighted by atomic mass is 16.5. The number of carboxylic acids is 1. The lowest BCUT2D eigenvalue weighted by Gasteiger charge is -2.12. The van der Waals surface area contributed by atoms with E-state index in [-0.39, 0.29) is 16.8 Å². The van der Waals surface area contributed by atoms with Crippen molar-refractivity contribution >= 4 is 18.1 Å². The molecule has 8 nitrogen and oxygen atoms in total. The SMILES string of the molecule is COc1ccccc1-n1nc(C(=O)O)c(/C=C/c2ccco2)c(C#N)c1=O. The highest BCUT2D eigenvalue weighted by Gasteiger charge is 2.22. The summed E-state index contributed by atoms with van der Waals surface area (Å²) < 4.78 is 11.2. The predicted octanol–water partition coefficient (Wildman–Crippen LogP) is 2.57. The van der Waals surface area contributed by atoms with Crippen LogP contribution in [0.2, 0.25) is 0 Å². The van der Waals surface area contributed by atoms with Crippen LogP contribution in [0, 0.1) is 11.3 Å². The van der Waals surface area contributed by atoms with Crippen molar-refractivity contribution in [1.29, 1.82) is 5.26 Å². The lowest BCUT2D eigenvalue weighted by atomic mass is 10.1. The normalized spacial score (nSPS) is 10.7. The summed E-state index contributed by atoms with van der Waals surface area (Å²) in [6.07, 6.45) is 4.22. The molecule has 0 amide bonds. The van der Waals surface area contributed by atoms with E-state index in [2.05, 4.69) is 5.10 Å². The third-order valence-corrected chi connectivity index (χ3v) is 3.72. The number of furan rings is 1. The number of ether oxygens (including phenoxy) is 1. The van der Waals surface area contributed by atoms with Gasteiger partial charge in [-0.25, -0.2) is 4.79 Å². The van der Waals surface area contributed by atoms with Crippen molar-refractivity contribution in [3.8, 4) is 17.5 Å². The number of methoxy groups -OCH3 is 1. The fraction of sp³-hybridized carbons (Fsp3) is 0.0526. The Morgan fingerprint density at radius 3 is 2.70 bits per heavy atom. The highest BCUT2D eigenvalue weighted by Crippen LogP contribution is 2.22. The molecule has 1 aromatic carbocycles. The fourth-order valence-electron chi connectivity index (χ4n) is 2.49. The van der Waals surface area contributed by atoms with E-state index in [0.29, 0.717) is 11.5 Å². The maximum atomic E-state index is 12.8. The molecule has 0 saturated heterocycles. The third kappa shape index (κ3) is 3.34. The molecule has 27 heavy (non-hydrogen) atoms. The highest BCUT2D eigenvalue weighted by molar-refractivity contribution is 5.92. The molecule has 2 heterocycles. The number of aromatic carboxylic acids is 1. The molecule has 2 aromatic heterocycles. The molecule has 0 saturated carbocycles. The van der Waals surface area contributed by atoms with Crippen LogP contribution in [0.3, 0.4) is 0 Å². The second-order valence-electron chi connectivity index (χ2n) is 5.29. The van der Waals surface area contributed by atoms with E-state index in [0.717, 1.165) is 4.68 Å². The maximum Gasteiger partial charge on any atom is 0.357 e. The molecule has 0 spiro atoms. The summed E-state index contributed by atoms with van der Waals surface area (Å²) >= 11 is 0. The minimum Gasteiger partial charge on any atom is -0.494 e. The van der Waals surface area contributed by atoms with Gasteiger partial charge in [0.05, 0.1) is 13.4 Å². The number of hydrogen-bond donors (Lipinski definition) is 1. The summed E-state index contributed by atoms with van der Waals surface area (Å²) in [4.78, 5) is 24.5. The van der Waals surface area contributed by atoms with Gasteiger partial charge < -0.3 is 14.3 Å². The van der Waals surface area contributed by atoms with Gasteiger partial charge in [-0.2, -0.15) is 15.0 Å². The van der Waals surface area contributed by atoms with Crippen molar-refractivity contribution in [3.63, 3.8) is 0 Å². The van der Waals surface area contributed by atoms with Crippen LogP contribution in [0.25, 0.3) is 17.8 Å². The monoisotopic (exact) mass is 363 g/mol. The summed E-state index contributed by atoms with van der Waals surface area (Å²) in [6.45, 7) is 0. The van der Waals surface area contributed by atoms with Gasteiger partial charge in [-0.3, -0.25) is 4.79 Å². The number of carboxylic acid groups (broad SMARTS) is 1. The van der Waals surface area contributed by atoms with Gasteiger partial charge in [0.25, 0.3) is 5.56 Å². The van der Waals surface area contributed by atoms with Crippen molar-refractivity contribution in [2.24, 2.45) is 0 Å². The summed E-state index contributed by atoms with van der Waals surface area (Å²) in [6, 6.07) is 11.5. The Morgan fingerprint density at radius 2 is 2.07 bits per heavy atom. The van der Waals surface area contributed by atoms with E-state index in [4.69, 9.17) is 9.15 Å². The smallest absolute Gasteiger partial charge is 0.357 e. The minimum absolute atomic E-state index is 0.0995. The van der Waals surface area contributed by atoms with Gasteiger partial charge in [0.15, 0.2) is 5.69 Å². The average Bonchev–Trinajstić information content (AvgIpc) is 3.19. The zero-order chi connectivity index (χ0) is 19.4. The van der Waals surface area contributed by atoms with Crippen molar-refractivity contribution in [3.05, 3.63) is 75.6 Å². The Balaban J connectivity index is 2.28. The van der Waals surface area contributed by atoms with Crippen LogP contribution >= 0.6 is 0 Å². The van der Waals surface area contributed by atoms with E-state index in [1.807, 2.05) is 0 Å². The second kappa shape index (κ2) is 7.41. The van der Waals surface area contributed by atoms with Crippen LogP contribution in [0.15, 0.2) is 51.9 Å². The molecule has 3 rings (SSSR count). The molecule has 1 N–H and O–H groups in total. The van der Waals surface area contributed by atoms with Crippen molar-refractivity contribution in [2.75, 3.05) is 7.11 Å². The maximum absolute atomic E-state index is 12.8. The first-order valence-corrected chi connectivity index (χ1v) is 7.72. The van der Waals surface area contributed by atoms with E-state index in [1.54, 1.807) is 42.5 Å². The van der Waals surface area contributed by atoms with E-state index in [9.17, 15) is 20.0 Å². The Hall–Kier alpha value is -4.12. The number of carbonyl (C=O) groups is 1. The van der Waals surface area contributed by atoms with Gasteiger partial charge in [0.2, 0.25) is 0 Å². The molecular weight excluding hydrogens is 350 g/mol. The van der Waals surface area contributed by atoms with Crippen LogP contribution in [0.1, 0.15) is 27.4 Å². The van der Waals surface area contributed by atoms with Crippen LogP contribution in [0.5, 0.6) is 5.75 Å². The molecule has 134 valence electrons. The topological polar surface area (TPSA) is 118 Å². The van der Waals surface area contributed by atoms with Crippen LogP contribution < -0.4 is 10.3 Å². The minimum atomic E-state index is -1.38. The van der Waals surface area contributed by atoms with Crippen LogP contribution in [-0.4, -0.2) is 28.0 Å². The Labute approximate surface area is 153 Å². The molecule has 0 aliphatic carbocycles. The van der Waals surface area contributed by atoms with Crippen molar-refractivity contribution in [1.82, 2.24) is 9.78 Å². The molecule has 0 unspecified atom stereocenters. The molecule has 0 atom stereocenters. The van der Waals surface area contributed by atoms with Gasteiger partial charge in [-0.1, -0.05) is 12.1 Å². The number of nitrogens with zero attached hydrogens (tertiary/aromatic N) is 3. The zero-order valence-corrected chi connectivity index (χ0v) is 14.1. The van der Waals surface area contributed by atoms with E-state index < -0.39 is 17.2 Å². The Bertz CT molecular complexity index is 1120. The molecule has 0 bridgehead atoms. The first kappa shape index (κ1) is 17.7. The Morgan fingerprint density at radius 1 is 1.30 bits per heavy atom. The largest absolute Gasteiger partial charge is 0.494 e. The molecule has 8 heteroatoms. The van der Waals surface area contributed by atoms with E-state index in [1.165, 1.54) is 25.5 Å². The summed E-state index contributed by atoms with van der Waals surface area (Å²) in [7, 11) is 1.41. The molecule has 0 radical (unpaired) electrons. The summed E-state index contributed by atoms with van der Waals surface area (Å²) in [5.74, 6) is -0.635. The van der Waals surface area contributed by atoms with Crippen molar-refractivity contribution in [2.45, 2.75) is 0 Å². The quantitative estimate of drug-likeness (QED) is 0.740. The average molecular weight is 363 g/mol. The molecule has 0 aliphatic rings. The van der Waals surface area contributed by atoms with Crippen LogP contribution in [0.4, 0.5) is 0 Å². The molecule has 0 aliphatic heterocycles. The molecule has 0 fully saturated rings. The fourth-order valence-corrected chi connectivity index (χ4v) is 2.49. The van der Waals surface area contributed by atoms with E-state index >= 15 is 0 Å². The third-order valence-electron chi connectivity index (χ3n) is 3.72. The lowest BCUT2D eigenvalue weighted by molar-refractivity contribution is 0.0688. The standard InChI is InChI=1S/C19H13N3O5/c1-26-16-7-3-2-6-15(16)22-18(23)14(11-20)13(17(21-22)19(24)25)9-8-12-5-4-10-27-12/h2-10H,1H3,(H,24,25)/b9-8+. The summed E-state index contributed by atoms with van der Waals surface area (Å²) in [5, 5.41) is 23.0. The lowest BCUT2D eigenvalue weighted by Crippen LogP contribution is -2.28. The second-order valence-corrected chi connectivity index (χ2v) is 5.29. The first-order valence-electron chi connectivity index (χ1n) is 7.72. The van der Waals surface area contributed by atoms with Gasteiger partial charge in [0.1, 0.15) is 28.8 Å². The number of benzene rings is 1. The van der Waals surface area contributed by atoms with Gasteiger partial charge in [-0.15, -0.1) is 0 Å². The molecule has 3 aromatic rings. The summed E-state index contributed by atoms with van der Waals surface area (Å²) in [5.41, 5.74) is -1.43. The number of hydrogen-bond acceptors (Lipinski definition) is 6. The predicted molar refractivity (Wildman–Crippen MR) is 95.7 cm³/mol. The van der Waals surface area contributed by atoms with Crippen LogP contribution in [-0.2, 0) is 0 Å². The number of rotatable bonds is 5.